The average Bonchev–Trinajstić information content (AvgIpc) is 3.31. The molecule has 0 atom stereocenters. The fourth-order valence-electron chi connectivity index (χ4n) is 3.54. The van der Waals surface area contributed by atoms with Gasteiger partial charge in [-0.2, -0.15) is 0 Å². The van der Waals surface area contributed by atoms with Gasteiger partial charge in [0.25, 0.3) is 0 Å². The van der Waals surface area contributed by atoms with Crippen molar-refractivity contribution in [1.29, 1.82) is 0 Å². The second kappa shape index (κ2) is 8.22. The summed E-state index contributed by atoms with van der Waals surface area (Å²) in [5.41, 5.74) is 0.985. The average molecular weight is 447 g/mol. The summed E-state index contributed by atoms with van der Waals surface area (Å²) >= 11 is 13.8. The maximum Gasteiger partial charge on any atom is 0.202 e. The predicted octanol–water partition coefficient (Wildman–Crippen LogP) is 4.99. The van der Waals surface area contributed by atoms with Gasteiger partial charge in [-0.05, 0) is 74.8 Å². The second-order valence-electron chi connectivity index (χ2n) is 7.46. The lowest BCUT2D eigenvalue weighted by Gasteiger charge is -2.16. The highest BCUT2D eigenvalue weighted by Crippen LogP contribution is 2.39. The molecule has 2 aliphatic rings. The molecule has 0 radical (unpaired) electrons. The van der Waals surface area contributed by atoms with Crippen LogP contribution >= 0.6 is 35.0 Å². The molecular weight excluding hydrogens is 427 g/mol. The van der Waals surface area contributed by atoms with Crippen LogP contribution in [0, 0.1) is 0 Å². The van der Waals surface area contributed by atoms with Crippen LogP contribution in [0.3, 0.4) is 0 Å². The molecule has 29 heavy (non-hydrogen) atoms. The van der Waals surface area contributed by atoms with Crippen molar-refractivity contribution < 1.29 is 0 Å². The molecule has 1 saturated carbocycles. The van der Waals surface area contributed by atoms with E-state index in [4.69, 9.17) is 28.2 Å². The molecule has 1 saturated heterocycles. The molecule has 0 N–H and O–H groups in total. The first-order valence-corrected chi connectivity index (χ1v) is 11.4. The largest absolute Gasteiger partial charge is 0.296 e. The van der Waals surface area contributed by atoms with Crippen LogP contribution in [-0.4, -0.2) is 42.7 Å². The van der Waals surface area contributed by atoms with E-state index in [0.717, 1.165) is 60.0 Å². The normalized spacial score (nSPS) is 17.2. The Kier molecular flexibility index (Phi) is 5.47. The molecule has 9 heteroatoms. The molecule has 150 valence electrons. The first-order chi connectivity index (χ1) is 14.2. The highest BCUT2D eigenvalue weighted by atomic mass is 35.5. The highest BCUT2D eigenvalue weighted by Gasteiger charge is 2.28. The van der Waals surface area contributed by atoms with Crippen molar-refractivity contribution in [3.8, 4) is 5.69 Å². The molecule has 3 heterocycles. The van der Waals surface area contributed by atoms with Crippen LogP contribution in [0.1, 0.15) is 43.3 Å². The van der Waals surface area contributed by atoms with E-state index in [1.807, 2.05) is 24.3 Å². The van der Waals surface area contributed by atoms with Gasteiger partial charge >= 0.3 is 0 Å². The first kappa shape index (κ1) is 19.3. The summed E-state index contributed by atoms with van der Waals surface area (Å²) in [6.45, 7) is 2.97. The van der Waals surface area contributed by atoms with Crippen molar-refractivity contribution in [2.75, 3.05) is 13.1 Å². The van der Waals surface area contributed by atoms with Gasteiger partial charge in [0.05, 0.1) is 6.54 Å². The van der Waals surface area contributed by atoms with E-state index in [0.29, 0.717) is 16.1 Å². The van der Waals surface area contributed by atoms with Gasteiger partial charge in [0.15, 0.2) is 5.82 Å². The van der Waals surface area contributed by atoms with Crippen LogP contribution in [0.5, 0.6) is 0 Å². The lowest BCUT2D eigenvalue weighted by molar-refractivity contribution is 0.319. The summed E-state index contributed by atoms with van der Waals surface area (Å²) in [5, 5.41) is 11.7. The number of hydrogen-bond donors (Lipinski definition) is 0. The lowest BCUT2D eigenvalue weighted by atomic mass is 10.3. The van der Waals surface area contributed by atoms with E-state index in [1.54, 1.807) is 6.07 Å². The van der Waals surface area contributed by atoms with Crippen LogP contribution in [-0.2, 0) is 6.54 Å². The number of nitrogens with zero attached hydrogens (tertiary/aromatic N) is 6. The van der Waals surface area contributed by atoms with Crippen LogP contribution in [0.25, 0.3) is 5.69 Å². The minimum Gasteiger partial charge on any atom is -0.296 e. The minimum absolute atomic E-state index is 0.438. The van der Waals surface area contributed by atoms with E-state index in [-0.39, 0.29) is 0 Å². The number of rotatable bonds is 6. The van der Waals surface area contributed by atoms with Gasteiger partial charge in [0.1, 0.15) is 16.0 Å². The zero-order chi connectivity index (χ0) is 19.8. The quantitative estimate of drug-likeness (QED) is 0.497. The summed E-state index contributed by atoms with van der Waals surface area (Å²) in [7, 11) is 0. The molecular formula is C20H20Cl2N6S. The van der Waals surface area contributed by atoms with Gasteiger partial charge < -0.3 is 0 Å². The Bertz CT molecular complexity index is 1010. The van der Waals surface area contributed by atoms with Crippen molar-refractivity contribution >= 4 is 35.0 Å². The van der Waals surface area contributed by atoms with Gasteiger partial charge in [0, 0.05) is 22.7 Å². The lowest BCUT2D eigenvalue weighted by Crippen LogP contribution is -2.21. The van der Waals surface area contributed by atoms with E-state index in [1.165, 1.54) is 24.6 Å². The van der Waals surface area contributed by atoms with Gasteiger partial charge in [-0.25, -0.2) is 9.97 Å². The molecule has 1 aliphatic carbocycles. The third-order valence-corrected chi connectivity index (χ3v) is 6.49. The van der Waals surface area contributed by atoms with Crippen molar-refractivity contribution in [2.24, 2.45) is 0 Å². The molecule has 2 aromatic heterocycles. The number of hydrogen-bond acceptors (Lipinski definition) is 6. The van der Waals surface area contributed by atoms with Crippen molar-refractivity contribution in [3.63, 3.8) is 0 Å². The zero-order valence-electron chi connectivity index (χ0n) is 15.8. The van der Waals surface area contributed by atoms with E-state index in [2.05, 4.69) is 24.6 Å². The Morgan fingerprint density at radius 1 is 1.00 bits per heavy atom. The first-order valence-electron chi connectivity index (χ1n) is 9.80. The molecule has 0 spiro atoms. The van der Waals surface area contributed by atoms with E-state index in [9.17, 15) is 0 Å². The summed E-state index contributed by atoms with van der Waals surface area (Å²) < 4.78 is 2.09. The Labute approximate surface area is 183 Å². The molecule has 1 aromatic carbocycles. The van der Waals surface area contributed by atoms with Gasteiger partial charge in [-0.3, -0.25) is 9.47 Å². The monoisotopic (exact) mass is 446 g/mol. The number of likely N-dealkylation sites (tertiary alicyclic amines) is 1. The smallest absolute Gasteiger partial charge is 0.202 e. The predicted molar refractivity (Wildman–Crippen MR) is 114 cm³/mol. The SMILES string of the molecule is Clc1ccc(-n2c(CN3CCCC3)nnc2Sc2cc(Cl)nc(C3CC3)n2)cc1. The Hall–Kier alpha value is -1.67. The van der Waals surface area contributed by atoms with Gasteiger partial charge in [-0.15, -0.1) is 10.2 Å². The maximum absolute atomic E-state index is 6.25. The van der Waals surface area contributed by atoms with Crippen molar-refractivity contribution in [1.82, 2.24) is 29.6 Å². The van der Waals surface area contributed by atoms with Gasteiger partial charge in [-0.1, -0.05) is 23.2 Å². The Morgan fingerprint density at radius 3 is 2.48 bits per heavy atom. The molecule has 2 fully saturated rings. The number of benzene rings is 1. The zero-order valence-corrected chi connectivity index (χ0v) is 18.1. The van der Waals surface area contributed by atoms with Crippen molar-refractivity contribution in [2.45, 2.75) is 48.3 Å². The minimum atomic E-state index is 0.438. The fraction of sp³-hybridized carbons (Fsp3) is 0.400. The number of aromatic nitrogens is 5. The topological polar surface area (TPSA) is 59.7 Å². The standard InChI is InChI=1S/C20H20Cl2N6S/c21-14-5-7-15(8-6-14)28-17(12-27-9-1-2-10-27)25-26-20(28)29-18-11-16(22)23-19(24-18)13-3-4-13/h5-8,11,13H,1-4,9-10,12H2. The summed E-state index contributed by atoms with van der Waals surface area (Å²) in [6, 6.07) is 9.55. The van der Waals surface area contributed by atoms with Crippen molar-refractivity contribution in [3.05, 3.63) is 52.2 Å². The molecule has 6 nitrogen and oxygen atoms in total. The third-order valence-electron chi connectivity index (χ3n) is 5.18. The number of halogens is 2. The second-order valence-corrected chi connectivity index (χ2v) is 9.27. The van der Waals surface area contributed by atoms with Gasteiger partial charge in [0.2, 0.25) is 5.16 Å². The fourth-order valence-corrected chi connectivity index (χ4v) is 4.80. The van der Waals surface area contributed by atoms with Crippen LogP contribution in [0.4, 0.5) is 0 Å². The Morgan fingerprint density at radius 2 is 1.76 bits per heavy atom. The molecule has 0 unspecified atom stereocenters. The third kappa shape index (κ3) is 4.43. The molecule has 0 bridgehead atoms. The summed E-state index contributed by atoms with van der Waals surface area (Å²) in [5.74, 6) is 2.18. The molecule has 5 rings (SSSR count). The summed E-state index contributed by atoms with van der Waals surface area (Å²) in [6.07, 6.45) is 4.73. The van der Waals surface area contributed by atoms with Crippen LogP contribution < -0.4 is 0 Å². The highest BCUT2D eigenvalue weighted by molar-refractivity contribution is 7.99. The molecule has 0 amide bonds. The molecule has 1 aliphatic heterocycles. The summed E-state index contributed by atoms with van der Waals surface area (Å²) in [4.78, 5) is 11.5. The van der Waals surface area contributed by atoms with Crippen LogP contribution in [0.2, 0.25) is 10.2 Å². The molecule has 3 aromatic rings. The van der Waals surface area contributed by atoms with E-state index >= 15 is 0 Å². The Balaban J connectivity index is 1.50. The maximum atomic E-state index is 6.25. The van der Waals surface area contributed by atoms with E-state index < -0.39 is 0 Å². The van der Waals surface area contributed by atoms with Crippen LogP contribution in [0.15, 0.2) is 40.5 Å².